The van der Waals surface area contributed by atoms with Gasteiger partial charge in [0.05, 0.1) is 30.1 Å². The Morgan fingerprint density at radius 2 is 1.72 bits per heavy atom. The Balaban J connectivity index is 0.814. The normalized spacial score (nSPS) is 26.3. The molecule has 1 atom stereocenters. The molecule has 2 saturated heterocycles. The van der Waals surface area contributed by atoms with E-state index < -0.39 is 17.4 Å². The van der Waals surface area contributed by atoms with Crippen molar-refractivity contribution in [3.05, 3.63) is 58.4 Å². The molecule has 4 fully saturated rings. The summed E-state index contributed by atoms with van der Waals surface area (Å²) in [4.78, 5) is 45.9. The maximum Gasteiger partial charge on any atom is 0.261 e. The maximum absolute atomic E-state index is 15.0. The van der Waals surface area contributed by atoms with Gasteiger partial charge in [0.25, 0.3) is 5.56 Å². The Morgan fingerprint density at radius 3 is 2.46 bits per heavy atom. The number of carbonyl (C=O) groups excluding carboxylic acids is 2. The lowest BCUT2D eigenvalue weighted by Crippen LogP contribution is -2.47. The van der Waals surface area contributed by atoms with Crippen molar-refractivity contribution in [2.75, 3.05) is 31.6 Å². The molecule has 7 rings (SSSR count). The van der Waals surface area contributed by atoms with Crippen LogP contribution in [0.4, 0.5) is 10.1 Å². The van der Waals surface area contributed by atoms with Crippen molar-refractivity contribution in [2.24, 2.45) is 11.8 Å². The van der Waals surface area contributed by atoms with Crippen LogP contribution in [0.2, 0.25) is 0 Å². The number of hydrogen-bond acceptors (Lipinski definition) is 10. The number of aliphatic hydroxyl groups excluding tert-OH is 1. The van der Waals surface area contributed by atoms with Crippen molar-refractivity contribution in [3.8, 4) is 11.5 Å². The minimum atomic E-state index is -0.622. The molecule has 2 amide bonds. The molecule has 0 radical (unpaired) electrons. The van der Waals surface area contributed by atoms with E-state index in [0.717, 1.165) is 82.4 Å². The smallest absolute Gasteiger partial charge is 0.261 e. The molecule has 4 aliphatic rings. The van der Waals surface area contributed by atoms with Gasteiger partial charge in [-0.05, 0) is 107 Å². The van der Waals surface area contributed by atoms with Crippen LogP contribution in [0.1, 0.15) is 70.0 Å². The number of rotatable bonds is 12. The van der Waals surface area contributed by atoms with Gasteiger partial charge in [-0.15, -0.1) is 0 Å². The van der Waals surface area contributed by atoms with Crippen molar-refractivity contribution in [1.82, 2.24) is 20.2 Å². The van der Waals surface area contributed by atoms with E-state index in [-0.39, 0.29) is 29.4 Å². The van der Waals surface area contributed by atoms with E-state index in [1.165, 1.54) is 6.07 Å². The number of amides is 2. The Morgan fingerprint density at radius 1 is 0.960 bits per heavy atom. The fraction of sp³-hybridized carbons (Fsp3) is 0.568. The molecule has 2 aliphatic heterocycles. The molecule has 11 nitrogen and oxygen atoms in total. The summed E-state index contributed by atoms with van der Waals surface area (Å²) in [6.45, 7) is 3.56. The van der Waals surface area contributed by atoms with E-state index in [0.29, 0.717) is 59.4 Å². The Labute approximate surface area is 295 Å². The molecule has 0 bridgehead atoms. The number of ether oxygens (including phenoxy) is 2. The number of imide groups is 1. The average Bonchev–Trinajstić information content (AvgIpc) is 3.08. The molecule has 4 N–H and O–H groups in total. The second-order valence-corrected chi connectivity index (χ2v) is 15.6. The minimum absolute atomic E-state index is 0.0407. The lowest BCUT2D eigenvalue weighted by Gasteiger charge is -2.40. The lowest BCUT2D eigenvalue weighted by atomic mass is 9.81. The summed E-state index contributed by atoms with van der Waals surface area (Å²) in [5.74, 6) is 2.13. The van der Waals surface area contributed by atoms with Gasteiger partial charge in [-0.2, -0.15) is 11.8 Å². The number of piperidine rings is 2. The van der Waals surface area contributed by atoms with Gasteiger partial charge in [-0.3, -0.25) is 19.7 Å². The van der Waals surface area contributed by atoms with Crippen molar-refractivity contribution in [3.63, 3.8) is 0 Å². The summed E-state index contributed by atoms with van der Waals surface area (Å²) < 4.78 is 27.2. The predicted molar refractivity (Wildman–Crippen MR) is 190 cm³/mol. The summed E-state index contributed by atoms with van der Waals surface area (Å²) in [5.41, 5.74) is 0.664. The molecule has 2 saturated carbocycles. The van der Waals surface area contributed by atoms with Gasteiger partial charge in [0, 0.05) is 36.0 Å². The topological polar surface area (TPSA) is 146 Å². The largest absolute Gasteiger partial charge is 0.493 e. The van der Waals surface area contributed by atoms with E-state index in [1.807, 2.05) is 24.3 Å². The van der Waals surface area contributed by atoms with Crippen molar-refractivity contribution < 1.29 is 28.6 Å². The van der Waals surface area contributed by atoms with Crippen molar-refractivity contribution in [2.45, 2.75) is 93.5 Å². The predicted octanol–water partition coefficient (Wildman–Crippen LogP) is 4.76. The number of nitrogens with one attached hydrogen (secondary N) is 3. The molecule has 3 aromatic rings. The third kappa shape index (κ3) is 8.78. The highest BCUT2D eigenvalue weighted by atomic mass is 32.2. The number of carbonyl (C=O) groups is 2. The lowest BCUT2D eigenvalue weighted by molar-refractivity contribution is -0.133. The molecular weight excluding hydrogens is 662 g/mol. The zero-order valence-electron chi connectivity index (χ0n) is 28.2. The first-order valence-electron chi connectivity index (χ1n) is 18.0. The van der Waals surface area contributed by atoms with Crippen LogP contribution in [0.5, 0.6) is 11.5 Å². The van der Waals surface area contributed by atoms with E-state index >= 15 is 0 Å². The van der Waals surface area contributed by atoms with Crippen molar-refractivity contribution >= 4 is 40.2 Å². The number of benzene rings is 2. The number of H-pyrrole nitrogens is 1. The summed E-state index contributed by atoms with van der Waals surface area (Å²) >= 11 is 1.72. The Bertz CT molecular complexity index is 1720. The number of nitrogens with zero attached hydrogens (tertiary/aromatic N) is 2. The molecule has 2 aliphatic carbocycles. The number of aromatic amines is 1. The minimum Gasteiger partial charge on any atom is -0.493 e. The first kappa shape index (κ1) is 34.8. The third-order valence-corrected chi connectivity index (χ3v) is 11.9. The highest BCUT2D eigenvalue weighted by Crippen LogP contribution is 2.34. The number of anilines is 1. The van der Waals surface area contributed by atoms with Gasteiger partial charge in [0.2, 0.25) is 11.8 Å². The zero-order chi connectivity index (χ0) is 34.6. The summed E-state index contributed by atoms with van der Waals surface area (Å²) in [5, 5.41) is 15.7. The highest BCUT2D eigenvalue weighted by molar-refractivity contribution is 7.99. The van der Waals surface area contributed by atoms with Crippen LogP contribution in [-0.4, -0.2) is 81.5 Å². The molecule has 1 aromatic heterocycles. The number of aliphatic hydroxyl groups is 1. The number of aromatic nitrogens is 2. The van der Waals surface area contributed by atoms with Gasteiger partial charge in [-0.1, -0.05) is 0 Å². The van der Waals surface area contributed by atoms with E-state index in [4.69, 9.17) is 9.47 Å². The fourth-order valence-corrected chi connectivity index (χ4v) is 8.63. The van der Waals surface area contributed by atoms with Crippen molar-refractivity contribution in [1.29, 1.82) is 0 Å². The zero-order valence-corrected chi connectivity index (χ0v) is 29.0. The number of likely N-dealkylation sites (tertiary alicyclic amines) is 1. The molecule has 0 spiro atoms. The van der Waals surface area contributed by atoms with Gasteiger partial charge in [0.15, 0.2) is 0 Å². The van der Waals surface area contributed by atoms with Crippen LogP contribution in [0, 0.1) is 17.7 Å². The van der Waals surface area contributed by atoms with Gasteiger partial charge in [-0.25, -0.2) is 9.37 Å². The van der Waals surface area contributed by atoms with E-state index in [9.17, 15) is 23.9 Å². The molecule has 2 aromatic carbocycles. The second kappa shape index (κ2) is 15.7. The summed E-state index contributed by atoms with van der Waals surface area (Å²) in [7, 11) is 0. The van der Waals surface area contributed by atoms with Gasteiger partial charge >= 0.3 is 0 Å². The highest BCUT2D eigenvalue weighted by Gasteiger charge is 2.33. The number of halogens is 1. The molecular formula is C37H46FN5O6S. The standard InChI is InChI=1S/C37H46FN5O6S/c38-30-17-27(18-32-35(30)37(47)41-33(40-32)21-50-29-7-3-25(44)4-8-29)48-20-22-11-13-43(14-12-22)19-23-15-28(16-23)49-26-5-1-24(2-6-26)39-31-9-10-34(45)42-36(31)46/h1-2,5-6,17-18,22-23,25,28-29,31,39,44H,3-4,7-16,19-21H2,(H,40,41,47)(H,42,45,46). The second-order valence-electron chi connectivity index (χ2n) is 14.4. The molecule has 268 valence electrons. The van der Waals surface area contributed by atoms with E-state index in [2.05, 4.69) is 25.5 Å². The molecule has 1 unspecified atom stereocenters. The van der Waals surface area contributed by atoms with Crippen LogP contribution < -0.4 is 25.7 Å². The fourth-order valence-electron chi connectivity index (χ4n) is 7.50. The Kier molecular flexibility index (Phi) is 10.9. The number of fused-ring (bicyclic) bond motifs is 1. The molecule has 50 heavy (non-hydrogen) atoms. The quantitative estimate of drug-likeness (QED) is 0.194. The summed E-state index contributed by atoms with van der Waals surface area (Å²) in [6.07, 6.45) is 8.38. The Hall–Kier alpha value is -3.68. The SMILES string of the molecule is O=C1CCC(Nc2ccc(OC3CC(CN4CCC(COc5cc(F)c6c(=O)[nH]c(CSC7CCC(O)CC7)nc6c5)CC4)C3)cc2)C(=O)N1. The first-order valence-corrected chi connectivity index (χ1v) is 19.0. The average molecular weight is 708 g/mol. The van der Waals surface area contributed by atoms with Crippen LogP contribution in [0.15, 0.2) is 41.2 Å². The third-order valence-electron chi connectivity index (χ3n) is 10.5. The van der Waals surface area contributed by atoms with Crippen LogP contribution in [-0.2, 0) is 15.3 Å². The summed E-state index contributed by atoms with van der Waals surface area (Å²) in [6, 6.07) is 10.2. The first-order chi connectivity index (χ1) is 24.2. The van der Waals surface area contributed by atoms with Gasteiger partial charge in [0.1, 0.15) is 34.6 Å². The van der Waals surface area contributed by atoms with Gasteiger partial charge < -0.3 is 29.8 Å². The van der Waals surface area contributed by atoms with E-state index in [1.54, 1.807) is 17.8 Å². The maximum atomic E-state index is 15.0. The van der Waals surface area contributed by atoms with Crippen LogP contribution in [0.25, 0.3) is 10.9 Å². The molecule has 13 heteroatoms. The number of hydrogen-bond donors (Lipinski definition) is 4. The monoisotopic (exact) mass is 707 g/mol. The van der Waals surface area contributed by atoms with Crippen LogP contribution >= 0.6 is 11.8 Å². The van der Waals surface area contributed by atoms with Crippen LogP contribution in [0.3, 0.4) is 0 Å². The molecule has 3 heterocycles. The number of thioether (sulfide) groups is 1.